The van der Waals surface area contributed by atoms with Gasteiger partial charge in [-0.1, -0.05) is 31.2 Å². The highest BCUT2D eigenvalue weighted by Crippen LogP contribution is 2.27. The van der Waals surface area contributed by atoms with Gasteiger partial charge in [-0.25, -0.2) is 0 Å². The smallest absolute Gasteiger partial charge is 0.254 e. The zero-order valence-electron chi connectivity index (χ0n) is 14.4. The maximum Gasteiger partial charge on any atom is 0.254 e. The summed E-state index contributed by atoms with van der Waals surface area (Å²) in [5.41, 5.74) is 4.68. The summed E-state index contributed by atoms with van der Waals surface area (Å²) in [6.45, 7) is 5.24. The van der Waals surface area contributed by atoms with Crippen molar-refractivity contribution in [1.29, 1.82) is 0 Å². The molecule has 0 radical (unpaired) electrons. The minimum Gasteiger partial charge on any atom is -0.378 e. The van der Waals surface area contributed by atoms with Crippen LogP contribution in [-0.4, -0.2) is 40.7 Å². The average molecular weight is 325 g/mol. The molecule has 3 rings (SSSR count). The van der Waals surface area contributed by atoms with Gasteiger partial charge in [0.1, 0.15) is 0 Å². The van der Waals surface area contributed by atoms with Crippen molar-refractivity contribution in [3.8, 4) is 11.1 Å². The van der Waals surface area contributed by atoms with Crippen LogP contribution in [0.2, 0.25) is 0 Å². The number of nitrogens with one attached hydrogen (secondary N) is 1. The molecule has 2 aromatic rings. The van der Waals surface area contributed by atoms with Crippen LogP contribution in [0.25, 0.3) is 11.1 Å². The van der Waals surface area contributed by atoms with Crippen molar-refractivity contribution in [2.75, 3.05) is 13.7 Å². The number of H-pyrrole nitrogens is 1. The molecular formula is C19H23N3O2. The van der Waals surface area contributed by atoms with Crippen molar-refractivity contribution >= 4 is 5.91 Å². The molecule has 1 aromatic heterocycles. The van der Waals surface area contributed by atoms with E-state index in [1.807, 2.05) is 36.1 Å². The molecule has 24 heavy (non-hydrogen) atoms. The van der Waals surface area contributed by atoms with Crippen molar-refractivity contribution < 1.29 is 9.53 Å². The van der Waals surface area contributed by atoms with Gasteiger partial charge in [0.25, 0.3) is 5.91 Å². The zero-order valence-corrected chi connectivity index (χ0v) is 14.4. The fourth-order valence-electron chi connectivity index (χ4n) is 3.21. The number of carbonyl (C=O) groups excluding carboxylic acids is 1. The number of amides is 1. The van der Waals surface area contributed by atoms with Gasteiger partial charge >= 0.3 is 0 Å². The molecule has 1 aliphatic rings. The molecule has 0 bridgehead atoms. The lowest BCUT2D eigenvalue weighted by Gasteiger charge is -2.23. The Balaban J connectivity index is 1.84. The van der Waals surface area contributed by atoms with Crippen molar-refractivity contribution in [2.24, 2.45) is 0 Å². The summed E-state index contributed by atoms with van der Waals surface area (Å²) in [4.78, 5) is 14.6. The number of carbonyl (C=O) groups is 1. The highest BCUT2D eigenvalue weighted by atomic mass is 16.5. The lowest BCUT2D eigenvalue weighted by atomic mass is 10.0. The molecule has 5 heteroatoms. The first-order valence-corrected chi connectivity index (χ1v) is 8.26. The third-order valence-electron chi connectivity index (χ3n) is 4.46. The van der Waals surface area contributed by atoms with E-state index in [4.69, 9.17) is 4.74 Å². The summed E-state index contributed by atoms with van der Waals surface area (Å²) < 4.78 is 5.21. The Morgan fingerprint density at radius 3 is 2.79 bits per heavy atom. The Labute approximate surface area is 142 Å². The number of ether oxygens (including phenoxy) is 1. The van der Waals surface area contributed by atoms with Gasteiger partial charge in [0.15, 0.2) is 0 Å². The van der Waals surface area contributed by atoms with E-state index in [1.54, 1.807) is 7.11 Å². The Hall–Kier alpha value is -2.40. The predicted molar refractivity (Wildman–Crippen MR) is 93.7 cm³/mol. The lowest BCUT2D eigenvalue weighted by Crippen LogP contribution is -2.35. The van der Waals surface area contributed by atoms with Gasteiger partial charge < -0.3 is 9.64 Å². The van der Waals surface area contributed by atoms with Crippen molar-refractivity contribution in [1.82, 2.24) is 15.1 Å². The third kappa shape index (κ3) is 2.99. The van der Waals surface area contributed by atoms with E-state index in [9.17, 15) is 4.79 Å². The van der Waals surface area contributed by atoms with Gasteiger partial charge in [-0.3, -0.25) is 9.89 Å². The molecule has 1 N–H and O–H groups in total. The molecule has 0 saturated heterocycles. The second-order valence-corrected chi connectivity index (χ2v) is 6.04. The lowest BCUT2D eigenvalue weighted by molar-refractivity contribution is 0.0747. The Morgan fingerprint density at radius 2 is 2.12 bits per heavy atom. The third-order valence-corrected chi connectivity index (χ3v) is 4.46. The van der Waals surface area contributed by atoms with E-state index in [2.05, 4.69) is 29.3 Å². The average Bonchev–Trinajstić information content (AvgIpc) is 3.21. The molecule has 1 atom stereocenters. The number of benzene rings is 1. The number of nitrogens with zero attached hydrogens (tertiary/aromatic N) is 2. The van der Waals surface area contributed by atoms with Crippen molar-refractivity contribution in [2.45, 2.75) is 32.9 Å². The number of aromatic amines is 1. The maximum atomic E-state index is 12.7. The minimum absolute atomic E-state index is 0.0828. The largest absolute Gasteiger partial charge is 0.378 e. The molecule has 0 saturated carbocycles. The van der Waals surface area contributed by atoms with E-state index in [-0.39, 0.29) is 11.9 Å². The molecule has 1 aliphatic heterocycles. The highest BCUT2D eigenvalue weighted by molar-refractivity contribution is 5.95. The SMILES string of the molecule is CC[C@@H]1C=CCN1C(=O)c1ccc(-c2c(COC)n[nH]c2C)cc1. The van der Waals surface area contributed by atoms with Gasteiger partial charge in [-0.15, -0.1) is 0 Å². The molecule has 2 heterocycles. The topological polar surface area (TPSA) is 58.2 Å². The monoisotopic (exact) mass is 325 g/mol. The fourth-order valence-corrected chi connectivity index (χ4v) is 3.21. The first kappa shape index (κ1) is 16.5. The van der Waals surface area contributed by atoms with Crippen LogP contribution in [0.5, 0.6) is 0 Å². The van der Waals surface area contributed by atoms with Gasteiger partial charge in [0.05, 0.1) is 18.3 Å². The number of aromatic nitrogens is 2. The second-order valence-electron chi connectivity index (χ2n) is 6.04. The normalized spacial score (nSPS) is 16.8. The van der Waals surface area contributed by atoms with Crippen LogP contribution in [0, 0.1) is 6.92 Å². The van der Waals surface area contributed by atoms with Crippen LogP contribution in [0.1, 0.15) is 35.1 Å². The fraction of sp³-hybridized carbons (Fsp3) is 0.368. The van der Waals surface area contributed by atoms with Gasteiger partial charge in [0.2, 0.25) is 0 Å². The van der Waals surface area contributed by atoms with E-state index >= 15 is 0 Å². The summed E-state index contributed by atoms with van der Waals surface area (Å²) in [6.07, 6.45) is 5.11. The standard InChI is InChI=1S/C19H23N3O2/c1-4-16-6-5-11-22(16)19(23)15-9-7-14(8-10-15)18-13(2)20-21-17(18)12-24-3/h5-10,16H,4,11-12H2,1-3H3,(H,20,21)/t16-/m1/s1. The summed E-state index contributed by atoms with van der Waals surface area (Å²) in [6, 6.07) is 7.96. The first-order chi connectivity index (χ1) is 11.7. The predicted octanol–water partition coefficient (Wildman–Crippen LogP) is 3.32. The van der Waals surface area contributed by atoms with Gasteiger partial charge in [-0.2, -0.15) is 5.10 Å². The van der Waals surface area contributed by atoms with Crippen molar-refractivity contribution in [3.63, 3.8) is 0 Å². The summed E-state index contributed by atoms with van der Waals surface area (Å²) in [7, 11) is 1.66. The van der Waals surface area contributed by atoms with Crippen LogP contribution < -0.4 is 0 Å². The van der Waals surface area contributed by atoms with E-state index in [0.717, 1.165) is 34.5 Å². The number of hydrogen-bond acceptors (Lipinski definition) is 3. The van der Waals surface area contributed by atoms with Crippen molar-refractivity contribution in [3.05, 3.63) is 53.4 Å². The molecule has 0 spiro atoms. The van der Waals surface area contributed by atoms with Gasteiger partial charge in [0, 0.05) is 30.5 Å². The van der Waals surface area contributed by atoms with Gasteiger partial charge in [-0.05, 0) is 31.0 Å². The Bertz CT molecular complexity index is 746. The minimum atomic E-state index is 0.0828. The Morgan fingerprint density at radius 1 is 1.38 bits per heavy atom. The first-order valence-electron chi connectivity index (χ1n) is 8.26. The molecule has 126 valence electrons. The molecule has 0 aliphatic carbocycles. The quantitative estimate of drug-likeness (QED) is 0.858. The summed E-state index contributed by atoms with van der Waals surface area (Å²) >= 11 is 0. The molecule has 1 aromatic carbocycles. The number of hydrogen-bond donors (Lipinski definition) is 1. The molecular weight excluding hydrogens is 302 g/mol. The van der Waals surface area contributed by atoms with Crippen LogP contribution in [0.3, 0.4) is 0 Å². The number of aryl methyl sites for hydroxylation is 1. The molecule has 5 nitrogen and oxygen atoms in total. The maximum absolute atomic E-state index is 12.7. The zero-order chi connectivity index (χ0) is 17.1. The second kappa shape index (κ2) is 7.01. The number of methoxy groups -OCH3 is 1. The van der Waals surface area contributed by atoms with E-state index < -0.39 is 0 Å². The summed E-state index contributed by atoms with van der Waals surface area (Å²) in [5, 5.41) is 7.29. The van der Waals surface area contributed by atoms with Crippen LogP contribution in [0.4, 0.5) is 0 Å². The molecule has 0 unspecified atom stereocenters. The van der Waals surface area contributed by atoms with Crippen LogP contribution in [-0.2, 0) is 11.3 Å². The Kier molecular flexibility index (Phi) is 4.81. The number of rotatable bonds is 5. The molecule has 0 fully saturated rings. The van der Waals surface area contributed by atoms with E-state index in [0.29, 0.717) is 13.2 Å². The highest BCUT2D eigenvalue weighted by Gasteiger charge is 2.24. The van der Waals surface area contributed by atoms with E-state index in [1.165, 1.54) is 0 Å². The molecule has 1 amide bonds. The van der Waals surface area contributed by atoms with Crippen LogP contribution >= 0.6 is 0 Å². The van der Waals surface area contributed by atoms with Crippen LogP contribution in [0.15, 0.2) is 36.4 Å². The summed E-state index contributed by atoms with van der Waals surface area (Å²) in [5.74, 6) is 0.0828.